The van der Waals surface area contributed by atoms with E-state index in [0.29, 0.717) is 27.7 Å². The van der Waals surface area contributed by atoms with Crippen LogP contribution in [0.4, 0.5) is 11.4 Å². The van der Waals surface area contributed by atoms with Gasteiger partial charge in [-0.15, -0.1) is 10.2 Å². The lowest BCUT2D eigenvalue weighted by atomic mass is 10.1. The number of nitrogens with zero attached hydrogens (tertiary/aromatic N) is 3. The van der Waals surface area contributed by atoms with E-state index in [1.54, 1.807) is 48.5 Å². The third kappa shape index (κ3) is 4.03. The average Bonchev–Trinajstić information content (AvgIpc) is 3.24. The molecule has 0 bridgehead atoms. The number of aromatic nitrogens is 2. The number of para-hydroxylation sites is 1. The fourth-order valence-corrected chi connectivity index (χ4v) is 2.87. The van der Waals surface area contributed by atoms with E-state index in [0.717, 1.165) is 0 Å². The zero-order valence-electron chi connectivity index (χ0n) is 15.3. The molecule has 3 aromatic carbocycles. The molecule has 0 fully saturated rings. The van der Waals surface area contributed by atoms with Gasteiger partial charge in [-0.3, -0.25) is 14.9 Å². The minimum absolute atomic E-state index is 0.0902. The predicted octanol–water partition coefficient (Wildman–Crippen LogP) is 5.22. The van der Waals surface area contributed by atoms with Gasteiger partial charge in [-0.2, -0.15) is 0 Å². The molecular weight excluding hydrogens is 408 g/mol. The number of carbonyl (C=O) groups is 1. The van der Waals surface area contributed by atoms with Gasteiger partial charge >= 0.3 is 0 Å². The summed E-state index contributed by atoms with van der Waals surface area (Å²) in [6, 6.07) is 19.3. The lowest BCUT2D eigenvalue weighted by molar-refractivity contribution is -0.384. The number of rotatable bonds is 5. The number of hydrogen-bond donors (Lipinski definition) is 1. The Bertz CT molecular complexity index is 1220. The van der Waals surface area contributed by atoms with E-state index in [4.69, 9.17) is 16.0 Å². The molecule has 4 aromatic rings. The van der Waals surface area contributed by atoms with Crippen LogP contribution in [0.5, 0.6) is 0 Å². The summed E-state index contributed by atoms with van der Waals surface area (Å²) < 4.78 is 5.77. The van der Waals surface area contributed by atoms with Gasteiger partial charge in [0.1, 0.15) is 0 Å². The lowest BCUT2D eigenvalue weighted by Crippen LogP contribution is -2.12. The Morgan fingerprint density at radius 1 is 0.933 bits per heavy atom. The van der Waals surface area contributed by atoms with Crippen LogP contribution >= 0.6 is 11.6 Å². The number of halogens is 1. The van der Waals surface area contributed by atoms with Crippen LogP contribution in [-0.4, -0.2) is 21.0 Å². The Kier molecular flexibility index (Phi) is 5.23. The Labute approximate surface area is 175 Å². The zero-order valence-corrected chi connectivity index (χ0v) is 16.0. The zero-order chi connectivity index (χ0) is 21.1. The van der Waals surface area contributed by atoms with Crippen molar-refractivity contribution in [2.75, 3.05) is 5.32 Å². The Morgan fingerprint density at radius 2 is 1.60 bits per heavy atom. The first kappa shape index (κ1) is 19.3. The van der Waals surface area contributed by atoms with Crippen molar-refractivity contribution in [1.82, 2.24) is 10.2 Å². The minimum atomic E-state index is -0.523. The SMILES string of the molecule is O=C(Nc1ccccc1-c1nnc(-c2ccc(Cl)cc2)o1)c1ccc([N+](=O)[O-])cc1. The van der Waals surface area contributed by atoms with Crippen molar-refractivity contribution in [1.29, 1.82) is 0 Å². The summed E-state index contributed by atoms with van der Waals surface area (Å²) >= 11 is 5.90. The molecule has 1 amide bonds. The molecule has 9 heteroatoms. The van der Waals surface area contributed by atoms with Gasteiger partial charge < -0.3 is 9.73 Å². The highest BCUT2D eigenvalue weighted by Gasteiger charge is 2.16. The molecule has 1 heterocycles. The molecule has 1 aromatic heterocycles. The largest absolute Gasteiger partial charge is 0.416 e. The number of hydrogen-bond acceptors (Lipinski definition) is 6. The van der Waals surface area contributed by atoms with Gasteiger partial charge in [0.15, 0.2) is 0 Å². The number of benzene rings is 3. The Balaban J connectivity index is 1.59. The van der Waals surface area contributed by atoms with Crippen molar-refractivity contribution >= 4 is 28.9 Å². The van der Waals surface area contributed by atoms with E-state index < -0.39 is 10.8 Å². The number of anilines is 1. The summed E-state index contributed by atoms with van der Waals surface area (Å²) in [5, 5.41) is 22.3. The van der Waals surface area contributed by atoms with E-state index in [9.17, 15) is 14.9 Å². The molecule has 0 spiro atoms. The third-order valence-electron chi connectivity index (χ3n) is 4.26. The number of nitro groups is 1. The number of nitro benzene ring substituents is 1. The summed E-state index contributed by atoms with van der Waals surface area (Å²) in [6.07, 6.45) is 0. The van der Waals surface area contributed by atoms with Crippen LogP contribution in [0.1, 0.15) is 10.4 Å². The molecule has 0 aliphatic heterocycles. The monoisotopic (exact) mass is 420 g/mol. The highest BCUT2D eigenvalue weighted by Crippen LogP contribution is 2.30. The van der Waals surface area contributed by atoms with Gasteiger partial charge in [0.05, 0.1) is 16.2 Å². The normalized spacial score (nSPS) is 10.6. The molecule has 0 saturated carbocycles. The fourth-order valence-electron chi connectivity index (χ4n) is 2.75. The first-order valence-electron chi connectivity index (χ1n) is 8.76. The molecule has 0 aliphatic carbocycles. The highest BCUT2D eigenvalue weighted by molar-refractivity contribution is 6.30. The standard InChI is InChI=1S/C21H13ClN4O4/c22-15-9-5-14(6-10-15)20-24-25-21(30-20)17-3-1-2-4-18(17)23-19(27)13-7-11-16(12-8-13)26(28)29/h1-12H,(H,23,27). The second-order valence-electron chi connectivity index (χ2n) is 6.22. The first-order chi connectivity index (χ1) is 14.5. The third-order valence-corrected chi connectivity index (χ3v) is 4.51. The molecule has 0 atom stereocenters. The Hall–Kier alpha value is -4.04. The quantitative estimate of drug-likeness (QED) is 0.350. The summed E-state index contributed by atoms with van der Waals surface area (Å²) in [7, 11) is 0. The molecule has 30 heavy (non-hydrogen) atoms. The molecule has 148 valence electrons. The second-order valence-corrected chi connectivity index (χ2v) is 6.66. The van der Waals surface area contributed by atoms with Gasteiger partial charge in [-0.25, -0.2) is 0 Å². The van der Waals surface area contributed by atoms with Crippen molar-refractivity contribution in [3.63, 3.8) is 0 Å². The van der Waals surface area contributed by atoms with E-state index >= 15 is 0 Å². The van der Waals surface area contributed by atoms with Crippen molar-refractivity contribution in [3.05, 3.63) is 93.5 Å². The number of amides is 1. The van der Waals surface area contributed by atoms with E-state index in [2.05, 4.69) is 15.5 Å². The summed E-state index contributed by atoms with van der Waals surface area (Å²) in [6.45, 7) is 0. The molecule has 0 aliphatic rings. The number of nitrogens with one attached hydrogen (secondary N) is 1. The van der Waals surface area contributed by atoms with Crippen LogP contribution < -0.4 is 5.32 Å². The van der Waals surface area contributed by atoms with Crippen LogP contribution in [0.25, 0.3) is 22.9 Å². The molecular formula is C21H13ClN4O4. The molecule has 4 rings (SSSR count). The maximum absolute atomic E-state index is 12.6. The smallest absolute Gasteiger partial charge is 0.269 e. The van der Waals surface area contributed by atoms with Crippen molar-refractivity contribution < 1.29 is 14.1 Å². The molecule has 0 radical (unpaired) electrons. The minimum Gasteiger partial charge on any atom is -0.416 e. The predicted molar refractivity (Wildman–Crippen MR) is 111 cm³/mol. The van der Waals surface area contributed by atoms with Crippen LogP contribution in [0, 0.1) is 10.1 Å². The van der Waals surface area contributed by atoms with Gasteiger partial charge in [-0.1, -0.05) is 23.7 Å². The maximum atomic E-state index is 12.6. The second kappa shape index (κ2) is 8.14. The van der Waals surface area contributed by atoms with Gasteiger partial charge in [0.25, 0.3) is 11.6 Å². The van der Waals surface area contributed by atoms with Crippen LogP contribution in [0.2, 0.25) is 5.02 Å². The summed E-state index contributed by atoms with van der Waals surface area (Å²) in [5.41, 5.74) is 1.91. The average molecular weight is 421 g/mol. The van der Waals surface area contributed by atoms with Crippen LogP contribution in [-0.2, 0) is 0 Å². The molecule has 8 nitrogen and oxygen atoms in total. The highest BCUT2D eigenvalue weighted by atomic mass is 35.5. The van der Waals surface area contributed by atoms with E-state index in [1.165, 1.54) is 24.3 Å². The van der Waals surface area contributed by atoms with Crippen LogP contribution in [0.3, 0.4) is 0 Å². The van der Waals surface area contributed by atoms with Crippen molar-refractivity contribution in [2.24, 2.45) is 0 Å². The molecule has 0 saturated heterocycles. The number of carbonyl (C=O) groups excluding carboxylic acids is 1. The van der Waals surface area contributed by atoms with E-state index in [-0.39, 0.29) is 17.1 Å². The maximum Gasteiger partial charge on any atom is 0.269 e. The molecule has 1 N–H and O–H groups in total. The van der Waals surface area contributed by atoms with Gasteiger partial charge in [0, 0.05) is 28.3 Å². The first-order valence-corrected chi connectivity index (χ1v) is 9.14. The lowest BCUT2D eigenvalue weighted by Gasteiger charge is -2.08. The fraction of sp³-hybridized carbons (Fsp3) is 0. The Morgan fingerprint density at radius 3 is 2.30 bits per heavy atom. The summed E-state index contributed by atoms with van der Waals surface area (Å²) in [4.78, 5) is 22.8. The topological polar surface area (TPSA) is 111 Å². The van der Waals surface area contributed by atoms with E-state index in [1.807, 2.05) is 0 Å². The van der Waals surface area contributed by atoms with Gasteiger partial charge in [0.2, 0.25) is 11.8 Å². The van der Waals surface area contributed by atoms with Crippen molar-refractivity contribution in [2.45, 2.75) is 0 Å². The molecule has 0 unspecified atom stereocenters. The van der Waals surface area contributed by atoms with Crippen LogP contribution in [0.15, 0.2) is 77.2 Å². The number of non-ortho nitro benzene ring substituents is 1. The van der Waals surface area contributed by atoms with Crippen molar-refractivity contribution in [3.8, 4) is 22.9 Å². The summed E-state index contributed by atoms with van der Waals surface area (Å²) in [5.74, 6) is 0.132. The van der Waals surface area contributed by atoms with Gasteiger partial charge in [-0.05, 0) is 48.5 Å².